The number of rotatable bonds is 7. The Bertz CT molecular complexity index is 421. The van der Waals surface area contributed by atoms with E-state index in [9.17, 15) is 0 Å². The van der Waals surface area contributed by atoms with Gasteiger partial charge in [0, 0.05) is 32.8 Å². The molecule has 1 aromatic heterocycles. The van der Waals surface area contributed by atoms with Crippen LogP contribution in [0.3, 0.4) is 0 Å². The fourth-order valence-corrected chi connectivity index (χ4v) is 2.24. The van der Waals surface area contributed by atoms with Crippen molar-refractivity contribution in [2.24, 2.45) is 0 Å². The summed E-state index contributed by atoms with van der Waals surface area (Å²) in [6.07, 6.45) is 2.40. The average Bonchev–Trinajstić information content (AvgIpc) is 2.93. The molecule has 1 aliphatic rings. The van der Waals surface area contributed by atoms with E-state index in [1.807, 2.05) is 13.8 Å². The van der Waals surface area contributed by atoms with Crippen LogP contribution in [0.2, 0.25) is 0 Å². The van der Waals surface area contributed by atoms with Gasteiger partial charge in [-0.25, -0.2) is 0 Å². The normalized spacial score (nSPS) is 16.2. The summed E-state index contributed by atoms with van der Waals surface area (Å²) >= 11 is 0. The summed E-state index contributed by atoms with van der Waals surface area (Å²) in [4.78, 5) is 15.6. The zero-order valence-corrected chi connectivity index (χ0v) is 12.5. The summed E-state index contributed by atoms with van der Waals surface area (Å²) in [5.74, 6) is 1.97. The van der Waals surface area contributed by atoms with Gasteiger partial charge in [0.1, 0.15) is 0 Å². The summed E-state index contributed by atoms with van der Waals surface area (Å²) in [7, 11) is 1.69. The topological polar surface area (TPSA) is 75.2 Å². The van der Waals surface area contributed by atoms with Crippen LogP contribution < -0.4 is 15.5 Å². The van der Waals surface area contributed by atoms with Crippen molar-refractivity contribution >= 4 is 17.8 Å². The van der Waals surface area contributed by atoms with Crippen molar-refractivity contribution in [1.29, 1.82) is 0 Å². The van der Waals surface area contributed by atoms with Crippen LogP contribution in [0.25, 0.3) is 0 Å². The van der Waals surface area contributed by atoms with Gasteiger partial charge in [-0.2, -0.15) is 15.0 Å². The highest BCUT2D eigenvalue weighted by atomic mass is 16.5. The molecule has 1 atom stereocenters. The molecular weight excluding hydrogens is 256 g/mol. The predicted molar refractivity (Wildman–Crippen MR) is 80.4 cm³/mol. The molecule has 2 heterocycles. The molecule has 2 N–H and O–H groups in total. The van der Waals surface area contributed by atoms with Crippen molar-refractivity contribution in [2.75, 3.05) is 48.9 Å². The summed E-state index contributed by atoms with van der Waals surface area (Å²) < 4.78 is 5.12. The molecule has 2 rings (SSSR count). The van der Waals surface area contributed by atoms with Gasteiger partial charge in [0.25, 0.3) is 0 Å². The van der Waals surface area contributed by atoms with Crippen LogP contribution in [0.1, 0.15) is 26.7 Å². The first kappa shape index (κ1) is 14.8. The summed E-state index contributed by atoms with van der Waals surface area (Å²) in [5, 5.41) is 6.41. The molecular formula is C13H24N6O. The van der Waals surface area contributed by atoms with Crippen LogP contribution in [0, 0.1) is 0 Å². The molecule has 20 heavy (non-hydrogen) atoms. The van der Waals surface area contributed by atoms with E-state index in [1.165, 1.54) is 12.8 Å². The molecule has 0 amide bonds. The van der Waals surface area contributed by atoms with Crippen molar-refractivity contribution in [1.82, 2.24) is 15.0 Å². The summed E-state index contributed by atoms with van der Waals surface area (Å²) in [6.45, 7) is 7.50. The first-order valence-electron chi connectivity index (χ1n) is 7.23. The monoisotopic (exact) mass is 280 g/mol. The van der Waals surface area contributed by atoms with E-state index in [1.54, 1.807) is 7.11 Å². The third-order valence-corrected chi connectivity index (χ3v) is 3.14. The van der Waals surface area contributed by atoms with E-state index < -0.39 is 0 Å². The van der Waals surface area contributed by atoms with Crippen LogP contribution in [0.15, 0.2) is 0 Å². The second kappa shape index (κ2) is 7.23. The number of nitrogens with zero attached hydrogens (tertiary/aromatic N) is 4. The molecule has 1 fully saturated rings. The Morgan fingerprint density at radius 1 is 1.20 bits per heavy atom. The molecule has 0 radical (unpaired) electrons. The van der Waals surface area contributed by atoms with E-state index in [-0.39, 0.29) is 6.04 Å². The van der Waals surface area contributed by atoms with Gasteiger partial charge >= 0.3 is 0 Å². The van der Waals surface area contributed by atoms with Gasteiger partial charge in [-0.3, -0.25) is 0 Å². The number of methoxy groups -OCH3 is 1. The van der Waals surface area contributed by atoms with Crippen molar-refractivity contribution < 1.29 is 4.74 Å². The molecule has 0 spiro atoms. The number of hydrogen-bond acceptors (Lipinski definition) is 7. The molecule has 0 aliphatic carbocycles. The maximum absolute atomic E-state index is 5.12. The average molecular weight is 280 g/mol. The van der Waals surface area contributed by atoms with Crippen LogP contribution in [0.5, 0.6) is 0 Å². The van der Waals surface area contributed by atoms with E-state index in [4.69, 9.17) is 4.74 Å². The molecule has 1 aliphatic heterocycles. The van der Waals surface area contributed by atoms with E-state index in [2.05, 4.69) is 30.5 Å². The van der Waals surface area contributed by atoms with Gasteiger partial charge in [0.15, 0.2) is 0 Å². The standard InChI is InChI=1S/C13H24N6O/c1-4-14-11-16-12(15-10(2)9-20-3)18-13(17-11)19-7-5-6-8-19/h10H,4-9H2,1-3H3,(H2,14,15,16,17,18). The maximum Gasteiger partial charge on any atom is 0.231 e. The Morgan fingerprint density at radius 3 is 2.55 bits per heavy atom. The van der Waals surface area contributed by atoms with E-state index in [0.29, 0.717) is 18.5 Å². The van der Waals surface area contributed by atoms with Crippen molar-refractivity contribution in [3.05, 3.63) is 0 Å². The second-order valence-electron chi connectivity index (χ2n) is 5.01. The fourth-order valence-electron chi connectivity index (χ4n) is 2.24. The summed E-state index contributed by atoms with van der Waals surface area (Å²) in [6, 6.07) is 0.156. The minimum absolute atomic E-state index is 0.156. The Hall–Kier alpha value is -1.63. The Morgan fingerprint density at radius 2 is 1.90 bits per heavy atom. The largest absolute Gasteiger partial charge is 0.383 e. The molecule has 7 nitrogen and oxygen atoms in total. The van der Waals surface area contributed by atoms with Gasteiger partial charge in [-0.15, -0.1) is 0 Å². The SMILES string of the molecule is CCNc1nc(NC(C)COC)nc(N2CCCC2)n1. The lowest BCUT2D eigenvalue weighted by Crippen LogP contribution is -2.25. The predicted octanol–water partition coefficient (Wildman–Crippen LogP) is 1.35. The lowest BCUT2D eigenvalue weighted by Gasteiger charge is -2.18. The third kappa shape index (κ3) is 3.93. The van der Waals surface area contributed by atoms with Crippen LogP contribution in [-0.4, -0.2) is 54.3 Å². The highest BCUT2D eigenvalue weighted by Gasteiger charge is 2.17. The Labute approximate surface area is 120 Å². The van der Waals surface area contributed by atoms with Gasteiger partial charge in [-0.05, 0) is 26.7 Å². The van der Waals surface area contributed by atoms with Crippen molar-refractivity contribution in [3.63, 3.8) is 0 Å². The van der Waals surface area contributed by atoms with E-state index in [0.717, 1.165) is 25.6 Å². The van der Waals surface area contributed by atoms with Crippen LogP contribution in [0.4, 0.5) is 17.8 Å². The first-order chi connectivity index (χ1) is 9.72. The van der Waals surface area contributed by atoms with E-state index >= 15 is 0 Å². The highest BCUT2D eigenvalue weighted by molar-refractivity contribution is 5.44. The fraction of sp³-hybridized carbons (Fsp3) is 0.769. The van der Waals surface area contributed by atoms with Gasteiger partial charge < -0.3 is 20.3 Å². The molecule has 0 bridgehead atoms. The summed E-state index contributed by atoms with van der Waals surface area (Å²) in [5.41, 5.74) is 0. The quantitative estimate of drug-likeness (QED) is 0.780. The third-order valence-electron chi connectivity index (χ3n) is 3.14. The Balaban J connectivity index is 2.16. The number of aromatic nitrogens is 3. The number of anilines is 3. The molecule has 0 aromatic carbocycles. The van der Waals surface area contributed by atoms with Crippen LogP contribution in [-0.2, 0) is 4.74 Å². The lowest BCUT2D eigenvalue weighted by atomic mass is 10.4. The molecule has 1 saturated heterocycles. The Kier molecular flexibility index (Phi) is 5.34. The number of ether oxygens (including phenoxy) is 1. The number of nitrogens with one attached hydrogen (secondary N) is 2. The van der Waals surface area contributed by atoms with Crippen LogP contribution >= 0.6 is 0 Å². The molecule has 1 aromatic rings. The van der Waals surface area contributed by atoms with Gasteiger partial charge in [-0.1, -0.05) is 0 Å². The van der Waals surface area contributed by atoms with Gasteiger partial charge in [0.05, 0.1) is 6.61 Å². The minimum Gasteiger partial charge on any atom is -0.383 e. The smallest absolute Gasteiger partial charge is 0.231 e. The number of hydrogen-bond donors (Lipinski definition) is 2. The molecule has 112 valence electrons. The molecule has 0 saturated carbocycles. The zero-order chi connectivity index (χ0) is 14.4. The lowest BCUT2D eigenvalue weighted by molar-refractivity contribution is 0.190. The van der Waals surface area contributed by atoms with Crippen molar-refractivity contribution in [3.8, 4) is 0 Å². The first-order valence-corrected chi connectivity index (χ1v) is 7.23. The zero-order valence-electron chi connectivity index (χ0n) is 12.5. The highest BCUT2D eigenvalue weighted by Crippen LogP contribution is 2.18. The molecule has 7 heteroatoms. The molecule has 1 unspecified atom stereocenters. The maximum atomic E-state index is 5.12. The van der Waals surface area contributed by atoms with Crippen molar-refractivity contribution in [2.45, 2.75) is 32.7 Å². The minimum atomic E-state index is 0.156. The second-order valence-corrected chi connectivity index (χ2v) is 5.01. The van der Waals surface area contributed by atoms with Gasteiger partial charge in [0.2, 0.25) is 17.8 Å².